The number of amides is 2. The van der Waals surface area contributed by atoms with Crippen molar-refractivity contribution >= 4 is 28.1 Å². The number of carboxylic acids is 1. The maximum atomic E-state index is 13.2. The van der Waals surface area contributed by atoms with Gasteiger partial charge in [-0.3, -0.25) is 9.59 Å². The number of hydrogen-bond acceptors (Lipinski definition) is 28. The van der Waals surface area contributed by atoms with Crippen LogP contribution < -0.4 is 44.9 Å². The van der Waals surface area contributed by atoms with Crippen LogP contribution in [0.25, 0.3) is 0 Å². The molecule has 5 aliphatic rings. The third-order valence-corrected chi connectivity index (χ3v) is 13.4. The molecule has 32 nitrogen and oxygen atoms in total. The maximum absolute atomic E-state index is 13.2. The summed E-state index contributed by atoms with van der Waals surface area (Å²) < 4.78 is 89.6. The topological polar surface area (TPSA) is 511 Å². The van der Waals surface area contributed by atoms with Crippen LogP contribution in [0.1, 0.15) is 26.7 Å². The monoisotopic (exact) mass is 1080 g/mol. The third-order valence-electron chi connectivity index (χ3n) is 12.8. The van der Waals surface area contributed by atoms with Gasteiger partial charge in [-0.2, -0.15) is 0 Å². The number of aliphatic hydroxyl groups excluding tert-OH is 13. The Morgan fingerprint density at radius 3 is 1.72 bits per heavy atom. The minimum atomic E-state index is -5.44. The van der Waals surface area contributed by atoms with Crippen molar-refractivity contribution in [3.63, 3.8) is 0 Å². The van der Waals surface area contributed by atoms with Crippen LogP contribution in [-0.4, -0.2) is 289 Å². The molecule has 4 saturated heterocycles. The zero-order valence-electron chi connectivity index (χ0n) is 39.1. The third kappa shape index (κ3) is 14.3. The van der Waals surface area contributed by atoms with Crippen molar-refractivity contribution in [1.82, 2.24) is 15.4 Å². The first-order valence-corrected chi connectivity index (χ1v) is 23.5. The van der Waals surface area contributed by atoms with Gasteiger partial charge in [0.15, 0.2) is 41.1 Å². The molecular weight excluding hydrogens is 1020 g/mol. The Hall–Kier alpha value is -1.60. The predicted molar refractivity (Wildman–Crippen MR) is 220 cm³/mol. The van der Waals surface area contributed by atoms with Gasteiger partial charge in [-0.1, -0.05) is 0 Å². The van der Waals surface area contributed by atoms with E-state index in [0.29, 0.717) is 0 Å². The Kier molecular flexibility index (Phi) is 23.3. The molecule has 0 aromatic heterocycles. The summed E-state index contributed by atoms with van der Waals surface area (Å²) in [5, 5.41) is 155. The smallest absolute Gasteiger partial charge is 0.735 e. The average molecular weight is 1080 g/mol. The fourth-order valence-electron chi connectivity index (χ4n) is 9.36. The molecule has 0 aromatic rings. The van der Waals surface area contributed by atoms with Gasteiger partial charge in [0.1, 0.15) is 97.5 Å². The van der Waals surface area contributed by atoms with E-state index in [4.69, 9.17) is 42.6 Å². The SMILES string of the molecule is CO[C@@H]1OC(CO)[C@H](O)[C@H](O[C@@H]2OC(CO)[C@@H](O[C@@H]3O[C@@H](CO)[C@H](O)C(O[C@@]4(C(=O)O)CC(C(O)[C@H](O)CO)[C@H](NC(C)=O)[C@H](O)C4)C3O)[C@H](O[C@@H]3OC[C@@H](O)[C@H](O)C3O)C2NC(C)=O)C1NS(=O)(=O)[O-].[Na+]. The van der Waals surface area contributed by atoms with Gasteiger partial charge in [-0.15, -0.1) is 0 Å². The predicted octanol–water partition coefficient (Wildman–Crippen LogP) is -14.4. The number of rotatable bonds is 20. The number of ether oxygens (including phenoxy) is 9. The molecule has 1 saturated carbocycles. The summed E-state index contributed by atoms with van der Waals surface area (Å²) in [5.41, 5.74) is -2.73. The van der Waals surface area contributed by atoms with Crippen LogP contribution in [0.4, 0.5) is 0 Å². The Bertz CT molecular complexity index is 1890. The zero-order valence-corrected chi connectivity index (χ0v) is 41.9. The van der Waals surface area contributed by atoms with Crippen LogP contribution in [0.5, 0.6) is 0 Å². The van der Waals surface area contributed by atoms with Crippen molar-refractivity contribution in [2.24, 2.45) is 5.92 Å². The average Bonchev–Trinajstić information content (AvgIpc) is 3.30. The molecule has 5 fully saturated rings. The molecule has 17 N–H and O–H groups in total. The second-order valence-corrected chi connectivity index (χ2v) is 18.9. The van der Waals surface area contributed by atoms with E-state index in [-0.39, 0.29) is 29.6 Å². The minimum absolute atomic E-state index is 0. The summed E-state index contributed by atoms with van der Waals surface area (Å²) in [4.78, 5) is 38.3. The van der Waals surface area contributed by atoms with E-state index in [0.717, 1.165) is 21.0 Å². The number of carboxylic acid groups (broad SMARTS) is 1. The maximum Gasteiger partial charge on any atom is 1.00 e. The Morgan fingerprint density at radius 2 is 1.19 bits per heavy atom. The van der Waals surface area contributed by atoms with Crippen LogP contribution in [0, 0.1) is 5.92 Å². The molecule has 4 aliphatic heterocycles. The molecule has 0 radical (unpaired) electrons. The Balaban J connectivity index is 0.0000112. The van der Waals surface area contributed by atoms with Gasteiger partial charge < -0.3 is 129 Å². The second kappa shape index (κ2) is 26.6. The molecule has 0 spiro atoms. The van der Waals surface area contributed by atoms with E-state index in [1.54, 1.807) is 4.72 Å². The standard InChI is InChI=1S/C38H65N3O29S.Na/c1-11(46)39-20-13(23(51)15(49)6-42)4-38(37(57)58,5-14(20)48)70-32-26(54)18(8-44)65-36(28(32)56)67-29-19(9-45)66-34(21(40-12(2)47)31(29)69-35-27(55)24(52)16(50)10-63-35)68-30-22(41-71(59,60)61)33(62-3)64-17(7-43)25(30)53;/h13-36,41-45,48-56H,4-10H2,1-3H3,(H,39,46)(H,40,47)(H,57,58)(H,59,60,61);/q;+1/p-1/t13?,14-,15-,16-,17?,18+,19?,20+,21?,22?,23?,24+,25+,26+,27?,28?,29-,30-,31-,32?,33-,34+,35+,36+,38+;/m1./s1. The van der Waals surface area contributed by atoms with E-state index in [1.807, 2.05) is 0 Å². The molecule has 0 bridgehead atoms. The van der Waals surface area contributed by atoms with Gasteiger partial charge in [0.05, 0.1) is 51.3 Å². The van der Waals surface area contributed by atoms with Gasteiger partial charge in [-0.25, -0.2) is 17.9 Å². The fourth-order valence-corrected chi connectivity index (χ4v) is 9.94. The Morgan fingerprint density at radius 1 is 0.667 bits per heavy atom. The molecule has 0 aromatic carbocycles. The summed E-state index contributed by atoms with van der Waals surface area (Å²) in [6, 6.07) is -5.33. The number of methoxy groups -OCH3 is 1. The molecule has 9 unspecified atom stereocenters. The number of hydrogen-bond donors (Lipinski definition) is 17. The van der Waals surface area contributed by atoms with Crippen molar-refractivity contribution in [2.75, 3.05) is 40.1 Å². The summed E-state index contributed by atoms with van der Waals surface area (Å²) in [5.74, 6) is -5.18. The normalized spacial score (nSPS) is 43.7. The van der Waals surface area contributed by atoms with Crippen LogP contribution in [-0.2, 0) is 67.3 Å². The van der Waals surface area contributed by atoms with E-state index >= 15 is 0 Å². The summed E-state index contributed by atoms with van der Waals surface area (Å²) in [6.07, 6.45) is -41.8. The van der Waals surface area contributed by atoms with Crippen molar-refractivity contribution in [1.29, 1.82) is 0 Å². The van der Waals surface area contributed by atoms with E-state index < -0.39 is 226 Å². The molecule has 2 amide bonds. The largest absolute Gasteiger partial charge is 1.00 e. The molecule has 1 aliphatic carbocycles. The van der Waals surface area contributed by atoms with E-state index in [9.17, 15) is 98.8 Å². The number of carbonyl (C=O) groups is 3. The van der Waals surface area contributed by atoms with Gasteiger partial charge in [0.2, 0.25) is 11.8 Å². The zero-order chi connectivity index (χ0) is 53.0. The van der Waals surface area contributed by atoms with Crippen molar-refractivity contribution < 1.29 is 171 Å². The summed E-state index contributed by atoms with van der Waals surface area (Å²) in [7, 11) is -4.44. The molecule has 72 heavy (non-hydrogen) atoms. The molecule has 25 atom stereocenters. The molecule has 5 rings (SSSR count). The second-order valence-electron chi connectivity index (χ2n) is 17.7. The van der Waals surface area contributed by atoms with Gasteiger partial charge in [0, 0.05) is 33.3 Å². The van der Waals surface area contributed by atoms with Gasteiger partial charge >= 0.3 is 35.5 Å². The number of aliphatic carboxylic acids is 1. The molecule has 412 valence electrons. The first-order chi connectivity index (χ1) is 33.3. The molecule has 4 heterocycles. The molecular formula is C38H64N3NaO29S. The van der Waals surface area contributed by atoms with Crippen LogP contribution in [0.3, 0.4) is 0 Å². The van der Waals surface area contributed by atoms with Crippen LogP contribution in [0.15, 0.2) is 0 Å². The molecule has 34 heteroatoms. The first kappa shape index (κ1) is 62.9. The van der Waals surface area contributed by atoms with E-state index in [2.05, 4.69) is 10.6 Å². The number of carbonyl (C=O) groups excluding carboxylic acids is 2. The number of aliphatic hydroxyl groups is 13. The summed E-state index contributed by atoms with van der Waals surface area (Å²) >= 11 is 0. The van der Waals surface area contributed by atoms with Crippen molar-refractivity contribution in [3.05, 3.63) is 0 Å². The summed E-state index contributed by atoms with van der Waals surface area (Å²) in [6.45, 7) is -3.03. The van der Waals surface area contributed by atoms with E-state index in [1.165, 1.54) is 0 Å². The quantitative estimate of drug-likeness (QED) is 0.0398. The van der Waals surface area contributed by atoms with Crippen molar-refractivity contribution in [2.45, 2.75) is 173 Å². The number of nitrogens with one attached hydrogen (secondary N) is 3. The van der Waals surface area contributed by atoms with Gasteiger partial charge in [0.25, 0.3) is 0 Å². The van der Waals surface area contributed by atoms with Crippen LogP contribution in [0.2, 0.25) is 0 Å². The van der Waals surface area contributed by atoms with Crippen molar-refractivity contribution in [3.8, 4) is 0 Å². The van der Waals surface area contributed by atoms with Crippen LogP contribution >= 0.6 is 0 Å². The van der Waals surface area contributed by atoms with Gasteiger partial charge in [-0.05, 0) is 6.42 Å². The fraction of sp³-hybridized carbons (Fsp3) is 0.921. The minimum Gasteiger partial charge on any atom is -0.735 e. The first-order valence-electron chi connectivity index (χ1n) is 22.1. The Labute approximate surface area is 432 Å².